The molecule has 0 heterocycles. The number of hydrogen-bond acceptors (Lipinski definition) is 3. The minimum absolute atomic E-state index is 0.0187. The van der Waals surface area contributed by atoms with E-state index in [0.717, 1.165) is 12.1 Å². The zero-order valence-electron chi connectivity index (χ0n) is 11.3. The number of alkyl halides is 3. The number of methoxy groups -OCH3 is 1. The fraction of sp³-hybridized carbons (Fsp3) is 0.462. The summed E-state index contributed by atoms with van der Waals surface area (Å²) in [4.78, 5) is 13.5. The number of ether oxygens (including phenoxy) is 1. The quantitative estimate of drug-likeness (QED) is 0.838. The topological polar surface area (TPSA) is 49.8 Å². The highest BCUT2D eigenvalue weighted by Crippen LogP contribution is 2.32. The van der Waals surface area contributed by atoms with E-state index in [-0.39, 0.29) is 36.3 Å². The molecule has 1 aromatic carbocycles. The van der Waals surface area contributed by atoms with Crippen molar-refractivity contribution in [3.8, 4) is 0 Å². The zero-order valence-corrected chi connectivity index (χ0v) is 12.9. The lowest BCUT2D eigenvalue weighted by Gasteiger charge is -2.22. The van der Waals surface area contributed by atoms with Gasteiger partial charge in [0.25, 0.3) is 5.91 Å². The third-order valence-corrected chi connectivity index (χ3v) is 3.44. The Morgan fingerprint density at radius 1 is 1.38 bits per heavy atom. The van der Waals surface area contributed by atoms with Gasteiger partial charge in [0, 0.05) is 24.7 Å². The lowest BCUT2D eigenvalue weighted by Crippen LogP contribution is -2.36. The molecular formula is C13H15BrF3NO3. The van der Waals surface area contributed by atoms with Crippen LogP contribution in [0.1, 0.15) is 15.9 Å². The molecule has 4 nitrogen and oxygen atoms in total. The molecule has 21 heavy (non-hydrogen) atoms. The van der Waals surface area contributed by atoms with E-state index in [1.165, 1.54) is 18.1 Å². The first-order valence-corrected chi connectivity index (χ1v) is 6.86. The maximum atomic E-state index is 12.7. The minimum atomic E-state index is -4.52. The highest BCUT2D eigenvalue weighted by molar-refractivity contribution is 9.10. The van der Waals surface area contributed by atoms with Gasteiger partial charge in [0.05, 0.1) is 24.3 Å². The van der Waals surface area contributed by atoms with Crippen LogP contribution in [0.4, 0.5) is 13.2 Å². The van der Waals surface area contributed by atoms with Crippen LogP contribution in [0, 0.1) is 0 Å². The van der Waals surface area contributed by atoms with Crippen LogP contribution in [0.25, 0.3) is 0 Å². The standard InChI is InChI=1S/C13H15BrF3NO3/c1-21-7-5-18(4-6-19)12(20)10-8-9(13(15,16)17)2-3-11(10)14/h2-3,8,19H,4-7H2,1H3. The first-order chi connectivity index (χ1) is 9.81. The summed E-state index contributed by atoms with van der Waals surface area (Å²) in [6, 6.07) is 2.87. The van der Waals surface area contributed by atoms with Crippen LogP contribution in [0.5, 0.6) is 0 Å². The fourth-order valence-corrected chi connectivity index (χ4v) is 2.09. The lowest BCUT2D eigenvalue weighted by atomic mass is 10.1. The summed E-state index contributed by atoms with van der Waals surface area (Å²) in [5, 5.41) is 8.96. The van der Waals surface area contributed by atoms with E-state index in [1.54, 1.807) is 0 Å². The molecule has 0 aliphatic heterocycles. The Labute approximate surface area is 128 Å². The smallest absolute Gasteiger partial charge is 0.395 e. The monoisotopic (exact) mass is 369 g/mol. The van der Waals surface area contributed by atoms with Crippen molar-refractivity contribution in [2.75, 3.05) is 33.4 Å². The molecule has 1 aromatic rings. The number of carbonyl (C=O) groups is 1. The number of amides is 1. The average Bonchev–Trinajstić information content (AvgIpc) is 2.42. The summed E-state index contributed by atoms with van der Waals surface area (Å²) in [7, 11) is 1.45. The van der Waals surface area contributed by atoms with Gasteiger partial charge in [0.1, 0.15) is 0 Å². The number of hydrogen-bond donors (Lipinski definition) is 1. The number of aliphatic hydroxyl groups is 1. The van der Waals surface area contributed by atoms with E-state index in [9.17, 15) is 18.0 Å². The van der Waals surface area contributed by atoms with Crippen LogP contribution in [-0.4, -0.2) is 49.3 Å². The van der Waals surface area contributed by atoms with Gasteiger partial charge in [0.2, 0.25) is 0 Å². The van der Waals surface area contributed by atoms with E-state index in [1.807, 2.05) is 0 Å². The van der Waals surface area contributed by atoms with Crippen LogP contribution in [0.2, 0.25) is 0 Å². The third-order valence-electron chi connectivity index (χ3n) is 2.75. The number of halogens is 4. The molecule has 0 aliphatic rings. The highest BCUT2D eigenvalue weighted by Gasteiger charge is 2.32. The van der Waals surface area contributed by atoms with Crippen molar-refractivity contribution in [2.24, 2.45) is 0 Å². The van der Waals surface area contributed by atoms with E-state index in [4.69, 9.17) is 9.84 Å². The van der Waals surface area contributed by atoms with Crippen LogP contribution >= 0.6 is 15.9 Å². The number of rotatable bonds is 6. The van der Waals surface area contributed by atoms with E-state index in [2.05, 4.69) is 15.9 Å². The molecule has 0 saturated carbocycles. The summed E-state index contributed by atoms with van der Waals surface area (Å²) in [5.74, 6) is -0.598. The van der Waals surface area contributed by atoms with Gasteiger partial charge in [0.15, 0.2) is 0 Å². The summed E-state index contributed by atoms with van der Waals surface area (Å²) >= 11 is 3.08. The van der Waals surface area contributed by atoms with Crippen LogP contribution < -0.4 is 0 Å². The first-order valence-electron chi connectivity index (χ1n) is 6.07. The van der Waals surface area contributed by atoms with Gasteiger partial charge in [-0.3, -0.25) is 4.79 Å². The Morgan fingerprint density at radius 3 is 2.57 bits per heavy atom. The predicted molar refractivity (Wildman–Crippen MR) is 74.0 cm³/mol. The van der Waals surface area contributed by atoms with E-state index >= 15 is 0 Å². The van der Waals surface area contributed by atoms with Crippen molar-refractivity contribution in [1.29, 1.82) is 0 Å². The van der Waals surface area contributed by atoms with Crippen molar-refractivity contribution in [1.82, 2.24) is 4.90 Å². The van der Waals surface area contributed by atoms with Crippen LogP contribution in [0.15, 0.2) is 22.7 Å². The van der Waals surface area contributed by atoms with E-state index in [0.29, 0.717) is 0 Å². The SMILES string of the molecule is COCCN(CCO)C(=O)c1cc(C(F)(F)F)ccc1Br. The summed E-state index contributed by atoms with van der Waals surface area (Å²) < 4.78 is 43.3. The molecule has 8 heteroatoms. The maximum Gasteiger partial charge on any atom is 0.416 e. The minimum Gasteiger partial charge on any atom is -0.395 e. The number of nitrogens with zero attached hydrogens (tertiary/aromatic N) is 1. The Balaban J connectivity index is 3.08. The van der Waals surface area contributed by atoms with Crippen molar-refractivity contribution in [3.63, 3.8) is 0 Å². The van der Waals surface area contributed by atoms with Crippen molar-refractivity contribution >= 4 is 21.8 Å². The Bertz CT molecular complexity index is 494. The molecule has 118 valence electrons. The van der Waals surface area contributed by atoms with Crippen molar-refractivity contribution in [2.45, 2.75) is 6.18 Å². The molecule has 0 aliphatic carbocycles. The van der Waals surface area contributed by atoms with Crippen LogP contribution in [-0.2, 0) is 10.9 Å². The maximum absolute atomic E-state index is 12.7. The molecule has 0 atom stereocenters. The second-order valence-electron chi connectivity index (χ2n) is 4.20. The van der Waals surface area contributed by atoms with Gasteiger partial charge in [-0.15, -0.1) is 0 Å². The fourth-order valence-electron chi connectivity index (χ4n) is 1.67. The van der Waals surface area contributed by atoms with Crippen molar-refractivity contribution < 1.29 is 27.8 Å². The predicted octanol–water partition coefficient (Wildman–Crippen LogP) is 2.55. The Morgan fingerprint density at radius 2 is 2.05 bits per heavy atom. The van der Waals surface area contributed by atoms with Gasteiger partial charge in [-0.2, -0.15) is 13.2 Å². The van der Waals surface area contributed by atoms with E-state index < -0.39 is 17.6 Å². The molecule has 0 aromatic heterocycles. The first kappa shape index (κ1) is 17.9. The van der Waals surface area contributed by atoms with Gasteiger partial charge in [-0.25, -0.2) is 0 Å². The second-order valence-corrected chi connectivity index (χ2v) is 5.06. The molecule has 1 amide bonds. The average molecular weight is 370 g/mol. The number of benzene rings is 1. The Kier molecular flexibility index (Phi) is 6.63. The normalized spacial score (nSPS) is 11.5. The summed E-state index contributed by atoms with van der Waals surface area (Å²) in [5.41, 5.74) is -1.00. The molecule has 1 rings (SSSR count). The Hall–Kier alpha value is -1.12. The molecule has 0 spiro atoms. The number of carbonyl (C=O) groups excluding carboxylic acids is 1. The molecule has 0 fully saturated rings. The second kappa shape index (κ2) is 7.77. The zero-order chi connectivity index (χ0) is 16.0. The molecule has 1 N–H and O–H groups in total. The molecule has 0 bridgehead atoms. The molecule has 0 saturated heterocycles. The van der Waals surface area contributed by atoms with Gasteiger partial charge in [-0.1, -0.05) is 0 Å². The third kappa shape index (κ3) is 4.98. The molecule has 0 unspecified atom stereocenters. The summed E-state index contributed by atoms with van der Waals surface area (Å²) in [6.45, 7) is 0.137. The van der Waals surface area contributed by atoms with Gasteiger partial charge >= 0.3 is 6.18 Å². The van der Waals surface area contributed by atoms with Crippen molar-refractivity contribution in [3.05, 3.63) is 33.8 Å². The largest absolute Gasteiger partial charge is 0.416 e. The van der Waals surface area contributed by atoms with Crippen LogP contribution in [0.3, 0.4) is 0 Å². The van der Waals surface area contributed by atoms with Gasteiger partial charge in [-0.05, 0) is 34.1 Å². The number of aliphatic hydroxyl groups excluding tert-OH is 1. The van der Waals surface area contributed by atoms with Gasteiger partial charge < -0.3 is 14.7 Å². The lowest BCUT2D eigenvalue weighted by molar-refractivity contribution is -0.137. The summed E-state index contributed by atoms with van der Waals surface area (Å²) in [6.07, 6.45) is -4.52. The molecular weight excluding hydrogens is 355 g/mol. The molecule has 0 radical (unpaired) electrons. The highest BCUT2D eigenvalue weighted by atomic mass is 79.9.